The minimum absolute atomic E-state index is 0.239. The Labute approximate surface area is 109 Å². The Morgan fingerprint density at radius 3 is 2.74 bits per heavy atom. The highest BCUT2D eigenvalue weighted by molar-refractivity contribution is 5.61. The van der Waals surface area contributed by atoms with Gasteiger partial charge in [-0.3, -0.25) is 4.40 Å². The SMILES string of the molecule is CNc1nccn2c(Cc3ccc(F)cc3)nnc12. The molecule has 19 heavy (non-hydrogen) atoms. The summed E-state index contributed by atoms with van der Waals surface area (Å²) in [5.41, 5.74) is 1.67. The minimum Gasteiger partial charge on any atom is -0.370 e. The van der Waals surface area contributed by atoms with Crippen molar-refractivity contribution in [1.29, 1.82) is 0 Å². The lowest BCUT2D eigenvalue weighted by atomic mass is 10.1. The van der Waals surface area contributed by atoms with E-state index >= 15 is 0 Å². The average molecular weight is 257 g/mol. The van der Waals surface area contributed by atoms with Gasteiger partial charge in [-0.05, 0) is 17.7 Å². The lowest BCUT2D eigenvalue weighted by molar-refractivity contribution is 0.627. The number of halogens is 1. The summed E-state index contributed by atoms with van der Waals surface area (Å²) in [5, 5.41) is 11.2. The quantitative estimate of drug-likeness (QED) is 0.778. The van der Waals surface area contributed by atoms with E-state index in [0.29, 0.717) is 17.9 Å². The van der Waals surface area contributed by atoms with Crippen LogP contribution in [-0.2, 0) is 6.42 Å². The van der Waals surface area contributed by atoms with Gasteiger partial charge in [0.2, 0.25) is 5.65 Å². The van der Waals surface area contributed by atoms with E-state index in [1.165, 1.54) is 12.1 Å². The van der Waals surface area contributed by atoms with Crippen molar-refractivity contribution in [2.75, 3.05) is 12.4 Å². The zero-order chi connectivity index (χ0) is 13.2. The normalized spacial score (nSPS) is 10.8. The largest absolute Gasteiger partial charge is 0.370 e. The lowest BCUT2D eigenvalue weighted by Crippen LogP contribution is -2.00. The Kier molecular flexibility index (Phi) is 2.83. The third-order valence-electron chi connectivity index (χ3n) is 2.91. The smallest absolute Gasteiger partial charge is 0.203 e. The number of benzene rings is 1. The average Bonchev–Trinajstić information content (AvgIpc) is 2.84. The van der Waals surface area contributed by atoms with Crippen LogP contribution in [0.5, 0.6) is 0 Å². The molecule has 0 aliphatic carbocycles. The van der Waals surface area contributed by atoms with Crippen LogP contribution in [0.4, 0.5) is 10.2 Å². The molecule has 0 aliphatic heterocycles. The van der Waals surface area contributed by atoms with E-state index in [0.717, 1.165) is 11.4 Å². The number of nitrogens with one attached hydrogen (secondary N) is 1. The summed E-state index contributed by atoms with van der Waals surface area (Å²) in [6.07, 6.45) is 4.10. The summed E-state index contributed by atoms with van der Waals surface area (Å²) in [5.74, 6) is 1.23. The van der Waals surface area contributed by atoms with Crippen LogP contribution in [0.1, 0.15) is 11.4 Å². The third-order valence-corrected chi connectivity index (χ3v) is 2.91. The fraction of sp³-hybridized carbons (Fsp3) is 0.154. The van der Waals surface area contributed by atoms with Crippen molar-refractivity contribution < 1.29 is 4.39 Å². The molecule has 96 valence electrons. The van der Waals surface area contributed by atoms with Crippen molar-refractivity contribution in [1.82, 2.24) is 19.6 Å². The molecule has 0 unspecified atom stereocenters. The van der Waals surface area contributed by atoms with E-state index < -0.39 is 0 Å². The van der Waals surface area contributed by atoms with Crippen LogP contribution in [0.2, 0.25) is 0 Å². The molecule has 0 spiro atoms. The first-order valence-electron chi connectivity index (χ1n) is 5.89. The molecule has 0 atom stereocenters. The van der Waals surface area contributed by atoms with Gasteiger partial charge in [-0.1, -0.05) is 12.1 Å². The number of hydrogen-bond acceptors (Lipinski definition) is 4. The van der Waals surface area contributed by atoms with Crippen molar-refractivity contribution in [3.63, 3.8) is 0 Å². The van der Waals surface area contributed by atoms with Crippen molar-refractivity contribution in [3.05, 3.63) is 53.9 Å². The Bertz CT molecular complexity index is 705. The molecule has 0 radical (unpaired) electrons. The van der Waals surface area contributed by atoms with Crippen LogP contribution in [0.3, 0.4) is 0 Å². The lowest BCUT2D eigenvalue weighted by Gasteiger charge is -2.02. The number of anilines is 1. The van der Waals surface area contributed by atoms with Crippen LogP contribution in [0.15, 0.2) is 36.7 Å². The van der Waals surface area contributed by atoms with Gasteiger partial charge in [-0.15, -0.1) is 10.2 Å². The Balaban J connectivity index is 1.99. The molecule has 6 heteroatoms. The van der Waals surface area contributed by atoms with Crippen LogP contribution >= 0.6 is 0 Å². The molecule has 5 nitrogen and oxygen atoms in total. The van der Waals surface area contributed by atoms with Crippen LogP contribution in [0, 0.1) is 5.82 Å². The molecule has 3 rings (SSSR count). The molecule has 0 bridgehead atoms. The van der Waals surface area contributed by atoms with E-state index in [4.69, 9.17) is 0 Å². The van der Waals surface area contributed by atoms with Crippen LogP contribution in [0.25, 0.3) is 5.65 Å². The van der Waals surface area contributed by atoms with Gasteiger partial charge in [0.15, 0.2) is 5.82 Å². The van der Waals surface area contributed by atoms with Gasteiger partial charge in [-0.25, -0.2) is 9.37 Å². The summed E-state index contributed by atoms with van der Waals surface area (Å²) in [6, 6.07) is 6.38. The highest BCUT2D eigenvalue weighted by Crippen LogP contribution is 2.14. The monoisotopic (exact) mass is 257 g/mol. The van der Waals surface area contributed by atoms with E-state index in [1.54, 1.807) is 25.4 Å². The first-order valence-corrected chi connectivity index (χ1v) is 5.89. The molecule has 2 aromatic heterocycles. The molecule has 2 heterocycles. The molecule has 1 aromatic carbocycles. The highest BCUT2D eigenvalue weighted by atomic mass is 19.1. The molecule has 0 saturated heterocycles. The number of fused-ring (bicyclic) bond motifs is 1. The Morgan fingerprint density at radius 1 is 1.21 bits per heavy atom. The maximum atomic E-state index is 12.9. The second-order valence-electron chi connectivity index (χ2n) is 4.14. The molecular formula is C13H12FN5. The summed E-state index contributed by atoms with van der Waals surface area (Å²) in [4.78, 5) is 4.17. The summed E-state index contributed by atoms with van der Waals surface area (Å²) in [7, 11) is 1.79. The van der Waals surface area contributed by atoms with Crippen LogP contribution in [-0.4, -0.2) is 26.6 Å². The van der Waals surface area contributed by atoms with Crippen molar-refractivity contribution in [3.8, 4) is 0 Å². The molecule has 0 aliphatic rings. The molecule has 1 N–H and O–H groups in total. The molecule has 0 saturated carbocycles. The van der Waals surface area contributed by atoms with Crippen molar-refractivity contribution >= 4 is 11.5 Å². The maximum Gasteiger partial charge on any atom is 0.203 e. The number of nitrogens with zero attached hydrogens (tertiary/aromatic N) is 4. The zero-order valence-electron chi connectivity index (χ0n) is 10.3. The first kappa shape index (κ1) is 11.6. The predicted octanol–water partition coefficient (Wildman–Crippen LogP) is 1.90. The minimum atomic E-state index is -0.239. The van der Waals surface area contributed by atoms with Gasteiger partial charge in [-0.2, -0.15) is 0 Å². The van der Waals surface area contributed by atoms with Gasteiger partial charge >= 0.3 is 0 Å². The summed E-state index contributed by atoms with van der Waals surface area (Å²) in [6.45, 7) is 0. The predicted molar refractivity (Wildman–Crippen MR) is 69.5 cm³/mol. The zero-order valence-corrected chi connectivity index (χ0v) is 10.3. The first-order chi connectivity index (χ1) is 9.28. The second-order valence-corrected chi connectivity index (χ2v) is 4.14. The fourth-order valence-corrected chi connectivity index (χ4v) is 1.96. The molecule has 3 aromatic rings. The summed E-state index contributed by atoms with van der Waals surface area (Å²) >= 11 is 0. The van der Waals surface area contributed by atoms with Gasteiger partial charge in [0.05, 0.1) is 0 Å². The van der Waals surface area contributed by atoms with E-state index in [-0.39, 0.29) is 5.82 Å². The van der Waals surface area contributed by atoms with Gasteiger partial charge in [0, 0.05) is 25.9 Å². The molecule has 0 amide bonds. The standard InChI is InChI=1S/C13H12FN5/c1-15-12-13-18-17-11(19(13)7-6-16-12)8-9-2-4-10(14)5-3-9/h2-7H,8H2,1H3,(H,15,16). The van der Waals surface area contributed by atoms with Gasteiger partial charge < -0.3 is 5.32 Å². The van der Waals surface area contributed by atoms with Crippen LogP contribution < -0.4 is 5.32 Å². The Hall–Kier alpha value is -2.50. The molecular weight excluding hydrogens is 245 g/mol. The van der Waals surface area contributed by atoms with Gasteiger partial charge in [0.25, 0.3) is 0 Å². The number of hydrogen-bond donors (Lipinski definition) is 1. The number of aromatic nitrogens is 4. The van der Waals surface area contributed by atoms with Gasteiger partial charge in [0.1, 0.15) is 11.6 Å². The molecule has 0 fully saturated rings. The highest BCUT2D eigenvalue weighted by Gasteiger charge is 2.09. The number of rotatable bonds is 3. The van der Waals surface area contributed by atoms with E-state index in [9.17, 15) is 4.39 Å². The topological polar surface area (TPSA) is 55.1 Å². The third kappa shape index (κ3) is 2.12. The summed E-state index contributed by atoms with van der Waals surface area (Å²) < 4.78 is 14.7. The maximum absolute atomic E-state index is 12.9. The second kappa shape index (κ2) is 4.64. The van der Waals surface area contributed by atoms with Crippen molar-refractivity contribution in [2.24, 2.45) is 0 Å². The Morgan fingerprint density at radius 2 is 2.00 bits per heavy atom. The fourth-order valence-electron chi connectivity index (χ4n) is 1.96. The van der Waals surface area contributed by atoms with E-state index in [1.807, 2.05) is 10.6 Å². The van der Waals surface area contributed by atoms with E-state index in [2.05, 4.69) is 20.5 Å². The van der Waals surface area contributed by atoms with Crippen molar-refractivity contribution in [2.45, 2.75) is 6.42 Å².